The number of nitrogens with one attached hydrogen (secondary N) is 1. The Hall–Kier alpha value is -3.35. The minimum absolute atomic E-state index is 0.0643. The van der Waals surface area contributed by atoms with Gasteiger partial charge in [-0.15, -0.1) is 0 Å². The first-order valence-corrected chi connectivity index (χ1v) is 10.2. The Morgan fingerprint density at radius 3 is 2.63 bits per heavy atom. The highest BCUT2D eigenvalue weighted by atomic mass is 16.7. The van der Waals surface area contributed by atoms with Crippen LogP contribution in [0.15, 0.2) is 30.3 Å². The average Bonchev–Trinajstić information content (AvgIpc) is 3.45. The normalized spacial score (nSPS) is 19.2. The first-order valence-electron chi connectivity index (χ1n) is 10.2. The van der Waals surface area contributed by atoms with Gasteiger partial charge in [0.2, 0.25) is 18.6 Å². The number of anilines is 2. The molecule has 1 N–H and O–H groups in total. The molecule has 1 saturated heterocycles. The molecule has 0 saturated carbocycles. The Balaban J connectivity index is 1.34. The van der Waals surface area contributed by atoms with Gasteiger partial charge in [-0.1, -0.05) is 6.07 Å². The molecular formula is C23H22N2O5. The maximum Gasteiger partial charge on any atom is 0.231 e. The van der Waals surface area contributed by atoms with Crippen molar-refractivity contribution >= 4 is 29.0 Å². The number of Topliss-reactive ketones (excluding diaryl/α,β-unsaturated/α-hetero) is 1. The zero-order chi connectivity index (χ0) is 20.8. The SMILES string of the molecule is CC(=O)c1cc2c(cc1NC(=O)C1CC(=O)N(c3ccc4c(c3)CCC4)C1)OCO2. The van der Waals surface area contributed by atoms with Crippen molar-refractivity contribution in [3.8, 4) is 11.5 Å². The molecule has 7 heteroatoms. The number of rotatable bonds is 4. The van der Waals surface area contributed by atoms with E-state index in [1.807, 2.05) is 6.07 Å². The molecule has 7 nitrogen and oxygen atoms in total. The van der Waals surface area contributed by atoms with Crippen LogP contribution in [0.25, 0.3) is 0 Å². The number of nitrogens with zero attached hydrogens (tertiary/aromatic N) is 1. The minimum atomic E-state index is -0.490. The Labute approximate surface area is 174 Å². The third kappa shape index (κ3) is 3.20. The molecular weight excluding hydrogens is 384 g/mol. The molecule has 1 atom stereocenters. The van der Waals surface area contributed by atoms with Crippen molar-refractivity contribution in [3.05, 3.63) is 47.0 Å². The van der Waals surface area contributed by atoms with E-state index in [9.17, 15) is 14.4 Å². The topological polar surface area (TPSA) is 84.9 Å². The lowest BCUT2D eigenvalue weighted by molar-refractivity contribution is -0.122. The lowest BCUT2D eigenvalue weighted by atomic mass is 10.1. The van der Waals surface area contributed by atoms with Crippen LogP contribution in [-0.2, 0) is 22.4 Å². The summed E-state index contributed by atoms with van der Waals surface area (Å²) in [5, 5.41) is 2.82. The lowest BCUT2D eigenvalue weighted by Gasteiger charge is -2.18. The number of hydrogen-bond acceptors (Lipinski definition) is 5. The fourth-order valence-corrected chi connectivity index (χ4v) is 4.43. The van der Waals surface area contributed by atoms with Crippen molar-refractivity contribution in [2.24, 2.45) is 5.92 Å². The molecule has 2 aromatic rings. The summed E-state index contributed by atoms with van der Waals surface area (Å²) in [7, 11) is 0. The first kappa shape index (κ1) is 18.7. The van der Waals surface area contributed by atoms with Crippen molar-refractivity contribution < 1.29 is 23.9 Å². The van der Waals surface area contributed by atoms with Crippen LogP contribution >= 0.6 is 0 Å². The Bertz CT molecular complexity index is 1080. The molecule has 0 aromatic heterocycles. The molecule has 2 heterocycles. The largest absolute Gasteiger partial charge is 0.454 e. The average molecular weight is 406 g/mol. The summed E-state index contributed by atoms with van der Waals surface area (Å²) < 4.78 is 10.7. The lowest BCUT2D eigenvalue weighted by Crippen LogP contribution is -2.28. The molecule has 1 aliphatic carbocycles. The van der Waals surface area contributed by atoms with Gasteiger partial charge in [-0.05, 0) is 55.5 Å². The number of carbonyl (C=O) groups is 3. The molecule has 0 radical (unpaired) electrons. The smallest absolute Gasteiger partial charge is 0.231 e. The van der Waals surface area contributed by atoms with E-state index in [0.29, 0.717) is 29.3 Å². The summed E-state index contributed by atoms with van der Waals surface area (Å²) >= 11 is 0. The van der Waals surface area contributed by atoms with Crippen LogP contribution in [0, 0.1) is 5.92 Å². The number of aryl methyl sites for hydroxylation is 2. The van der Waals surface area contributed by atoms with E-state index < -0.39 is 5.92 Å². The Morgan fingerprint density at radius 1 is 1.07 bits per heavy atom. The molecule has 2 amide bonds. The van der Waals surface area contributed by atoms with E-state index in [1.54, 1.807) is 17.0 Å². The number of amides is 2. The summed E-state index contributed by atoms with van der Waals surface area (Å²) in [6.45, 7) is 1.84. The number of benzene rings is 2. The number of hydrogen-bond donors (Lipinski definition) is 1. The summed E-state index contributed by atoms with van der Waals surface area (Å²) in [5.74, 6) is -0.0598. The molecule has 154 valence electrons. The predicted octanol–water partition coefficient (Wildman–Crippen LogP) is 3.10. The summed E-state index contributed by atoms with van der Waals surface area (Å²) in [6, 6.07) is 9.31. The van der Waals surface area contributed by atoms with Gasteiger partial charge < -0.3 is 19.7 Å². The number of ether oxygens (including phenoxy) is 2. The van der Waals surface area contributed by atoms with Crippen LogP contribution < -0.4 is 19.7 Å². The fourth-order valence-electron chi connectivity index (χ4n) is 4.43. The van der Waals surface area contributed by atoms with Crippen LogP contribution in [0.1, 0.15) is 41.3 Å². The van der Waals surface area contributed by atoms with Gasteiger partial charge in [0.1, 0.15) is 0 Å². The summed E-state index contributed by atoms with van der Waals surface area (Å²) in [6.07, 6.45) is 3.41. The van der Waals surface area contributed by atoms with Gasteiger partial charge in [0.05, 0.1) is 11.6 Å². The zero-order valence-electron chi connectivity index (χ0n) is 16.7. The Kier molecular flexibility index (Phi) is 4.46. The van der Waals surface area contributed by atoms with Gasteiger partial charge in [-0.3, -0.25) is 14.4 Å². The Morgan fingerprint density at radius 2 is 1.83 bits per heavy atom. The highest BCUT2D eigenvalue weighted by Crippen LogP contribution is 2.38. The number of fused-ring (bicyclic) bond motifs is 2. The second kappa shape index (κ2) is 7.16. The van der Waals surface area contributed by atoms with Gasteiger partial charge in [0.25, 0.3) is 0 Å². The molecule has 30 heavy (non-hydrogen) atoms. The zero-order valence-corrected chi connectivity index (χ0v) is 16.7. The third-order valence-corrected chi connectivity index (χ3v) is 6.04. The molecule has 3 aliphatic rings. The van der Waals surface area contributed by atoms with E-state index in [1.165, 1.54) is 18.1 Å². The fraction of sp³-hybridized carbons (Fsp3) is 0.348. The van der Waals surface area contributed by atoms with Crippen molar-refractivity contribution in [3.63, 3.8) is 0 Å². The van der Waals surface area contributed by atoms with Crippen LogP contribution in [0.3, 0.4) is 0 Å². The van der Waals surface area contributed by atoms with Gasteiger partial charge in [-0.25, -0.2) is 0 Å². The van der Waals surface area contributed by atoms with Gasteiger partial charge >= 0.3 is 0 Å². The monoisotopic (exact) mass is 406 g/mol. The van der Waals surface area contributed by atoms with E-state index in [0.717, 1.165) is 24.9 Å². The van der Waals surface area contributed by atoms with E-state index in [-0.39, 0.29) is 30.8 Å². The van der Waals surface area contributed by atoms with Crippen LogP contribution in [0.4, 0.5) is 11.4 Å². The van der Waals surface area contributed by atoms with E-state index in [4.69, 9.17) is 9.47 Å². The highest BCUT2D eigenvalue weighted by molar-refractivity contribution is 6.07. The van der Waals surface area contributed by atoms with Gasteiger partial charge in [0.15, 0.2) is 17.3 Å². The first-order chi connectivity index (χ1) is 14.5. The van der Waals surface area contributed by atoms with E-state index in [2.05, 4.69) is 17.4 Å². The summed E-state index contributed by atoms with van der Waals surface area (Å²) in [5.41, 5.74) is 4.22. The standard InChI is InChI=1S/C23H22N2O5/c1-13(26)18-9-20-21(30-12-29-20)10-19(18)24-23(28)16-8-22(27)25(11-16)17-6-5-14-3-2-4-15(14)7-17/h5-7,9-10,16H,2-4,8,11-12H2,1H3,(H,24,28). The molecule has 0 spiro atoms. The van der Waals surface area contributed by atoms with Crippen molar-refractivity contribution in [1.82, 2.24) is 0 Å². The molecule has 1 unspecified atom stereocenters. The van der Waals surface area contributed by atoms with Crippen molar-refractivity contribution in [2.45, 2.75) is 32.6 Å². The second-order valence-electron chi connectivity index (χ2n) is 8.01. The van der Waals surface area contributed by atoms with Crippen LogP contribution in [-0.4, -0.2) is 30.9 Å². The van der Waals surface area contributed by atoms with Crippen LogP contribution in [0.5, 0.6) is 11.5 Å². The molecule has 2 aromatic carbocycles. The molecule has 2 aliphatic heterocycles. The minimum Gasteiger partial charge on any atom is -0.454 e. The summed E-state index contributed by atoms with van der Waals surface area (Å²) in [4.78, 5) is 39.3. The van der Waals surface area contributed by atoms with Crippen LogP contribution in [0.2, 0.25) is 0 Å². The number of carbonyl (C=O) groups excluding carboxylic acids is 3. The predicted molar refractivity (Wildman–Crippen MR) is 110 cm³/mol. The maximum absolute atomic E-state index is 12.9. The third-order valence-electron chi connectivity index (χ3n) is 6.04. The number of ketones is 1. The quantitative estimate of drug-likeness (QED) is 0.789. The van der Waals surface area contributed by atoms with Crippen molar-refractivity contribution in [1.29, 1.82) is 0 Å². The van der Waals surface area contributed by atoms with Gasteiger partial charge in [0, 0.05) is 30.3 Å². The van der Waals surface area contributed by atoms with E-state index >= 15 is 0 Å². The highest BCUT2D eigenvalue weighted by Gasteiger charge is 2.36. The molecule has 5 rings (SSSR count). The van der Waals surface area contributed by atoms with Gasteiger partial charge in [-0.2, -0.15) is 0 Å². The molecule has 1 fully saturated rings. The molecule has 0 bridgehead atoms. The maximum atomic E-state index is 12.9. The second-order valence-corrected chi connectivity index (χ2v) is 8.01. The van der Waals surface area contributed by atoms with Crippen molar-refractivity contribution in [2.75, 3.05) is 23.6 Å².